The van der Waals surface area contributed by atoms with Gasteiger partial charge in [-0.1, -0.05) is 0 Å². The highest BCUT2D eigenvalue weighted by molar-refractivity contribution is 6.02. The smallest absolute Gasteiger partial charge is 0.419 e. The van der Waals surface area contributed by atoms with E-state index in [1.54, 1.807) is 20.8 Å². The Kier molecular flexibility index (Phi) is 3.51. The lowest BCUT2D eigenvalue weighted by Gasteiger charge is -2.19. The van der Waals surface area contributed by atoms with Gasteiger partial charge in [0.25, 0.3) is 5.69 Å². The van der Waals surface area contributed by atoms with Crippen LogP contribution in [0.25, 0.3) is 10.9 Å². The maximum Gasteiger partial charge on any atom is 0.419 e. The maximum atomic E-state index is 12.1. The largest absolute Gasteiger partial charge is 0.443 e. The summed E-state index contributed by atoms with van der Waals surface area (Å²) in [5.74, 6) is 0. The molecule has 2 aromatic rings. The van der Waals surface area contributed by atoms with Gasteiger partial charge in [-0.25, -0.2) is 4.79 Å². The van der Waals surface area contributed by atoms with Crippen LogP contribution in [-0.2, 0) is 4.74 Å². The number of carbonyl (C=O) groups excluding carboxylic acids is 2. The summed E-state index contributed by atoms with van der Waals surface area (Å²) < 4.78 is 6.42. The summed E-state index contributed by atoms with van der Waals surface area (Å²) in [5.41, 5.74) is -0.250. The molecule has 7 nitrogen and oxygen atoms in total. The molecule has 0 aliphatic heterocycles. The van der Waals surface area contributed by atoms with Crippen LogP contribution >= 0.6 is 0 Å². The van der Waals surface area contributed by atoms with E-state index in [4.69, 9.17) is 4.74 Å². The van der Waals surface area contributed by atoms with Crippen LogP contribution < -0.4 is 0 Å². The van der Waals surface area contributed by atoms with Crippen molar-refractivity contribution in [2.75, 3.05) is 0 Å². The standard InChI is InChI=1S/C14H14N2O5/c1-14(2,3)21-13(18)15-7-9(8-17)11-6-10(16(19)20)4-5-12(11)15/h4-8H,1-3H3. The van der Waals surface area contributed by atoms with Crippen molar-refractivity contribution in [3.8, 4) is 0 Å². The van der Waals surface area contributed by atoms with Gasteiger partial charge in [0, 0.05) is 29.3 Å². The van der Waals surface area contributed by atoms with Gasteiger partial charge in [-0.2, -0.15) is 0 Å². The van der Waals surface area contributed by atoms with E-state index in [1.165, 1.54) is 29.0 Å². The van der Waals surface area contributed by atoms with Gasteiger partial charge in [-0.3, -0.25) is 19.5 Å². The van der Waals surface area contributed by atoms with E-state index in [0.29, 0.717) is 17.2 Å². The third-order valence-corrected chi connectivity index (χ3v) is 2.75. The maximum absolute atomic E-state index is 12.1. The number of nitrogens with zero attached hydrogens (tertiary/aromatic N) is 2. The molecule has 0 N–H and O–H groups in total. The molecule has 0 fully saturated rings. The van der Waals surface area contributed by atoms with E-state index in [9.17, 15) is 19.7 Å². The molecule has 0 atom stereocenters. The average molecular weight is 290 g/mol. The van der Waals surface area contributed by atoms with Gasteiger partial charge in [0.1, 0.15) is 5.60 Å². The van der Waals surface area contributed by atoms with Crippen LogP contribution in [0.5, 0.6) is 0 Å². The molecule has 0 bridgehead atoms. The lowest BCUT2D eigenvalue weighted by Crippen LogP contribution is -2.26. The van der Waals surface area contributed by atoms with E-state index in [1.807, 2.05) is 0 Å². The molecular weight excluding hydrogens is 276 g/mol. The molecule has 2 rings (SSSR count). The predicted molar refractivity (Wildman–Crippen MR) is 75.6 cm³/mol. The lowest BCUT2D eigenvalue weighted by molar-refractivity contribution is -0.384. The van der Waals surface area contributed by atoms with Gasteiger partial charge in [-0.05, 0) is 26.8 Å². The second-order valence-electron chi connectivity index (χ2n) is 5.51. The van der Waals surface area contributed by atoms with E-state index in [2.05, 4.69) is 0 Å². The Balaban J connectivity index is 2.58. The zero-order valence-electron chi connectivity index (χ0n) is 11.8. The van der Waals surface area contributed by atoms with Crippen LogP contribution in [0.15, 0.2) is 24.4 Å². The summed E-state index contributed by atoms with van der Waals surface area (Å²) in [5, 5.41) is 11.1. The zero-order valence-corrected chi connectivity index (χ0v) is 11.8. The molecule has 0 aliphatic rings. The Hall–Kier alpha value is -2.70. The number of fused-ring (bicyclic) bond motifs is 1. The van der Waals surface area contributed by atoms with Crippen molar-refractivity contribution < 1.29 is 19.2 Å². The quantitative estimate of drug-likeness (QED) is 0.481. The number of non-ortho nitro benzene ring substituents is 1. The molecular formula is C14H14N2O5. The summed E-state index contributed by atoms with van der Waals surface area (Å²) in [7, 11) is 0. The molecule has 0 aliphatic carbocycles. The van der Waals surface area contributed by atoms with Crippen molar-refractivity contribution in [2.45, 2.75) is 26.4 Å². The summed E-state index contributed by atoms with van der Waals surface area (Å²) >= 11 is 0. The normalized spacial score (nSPS) is 11.4. The predicted octanol–water partition coefficient (Wildman–Crippen LogP) is 3.15. The summed E-state index contributed by atoms with van der Waals surface area (Å²) in [6.45, 7) is 5.17. The molecule has 0 unspecified atom stereocenters. The monoisotopic (exact) mass is 290 g/mol. The number of rotatable bonds is 2. The molecule has 1 aromatic carbocycles. The van der Waals surface area contributed by atoms with E-state index in [-0.39, 0.29) is 11.3 Å². The van der Waals surface area contributed by atoms with Crippen molar-refractivity contribution in [3.05, 3.63) is 40.1 Å². The van der Waals surface area contributed by atoms with Gasteiger partial charge in [-0.15, -0.1) is 0 Å². The van der Waals surface area contributed by atoms with Crippen molar-refractivity contribution in [2.24, 2.45) is 0 Å². The third kappa shape index (κ3) is 2.91. The lowest BCUT2D eigenvalue weighted by atomic mass is 10.2. The van der Waals surface area contributed by atoms with Crippen LogP contribution in [0.3, 0.4) is 0 Å². The third-order valence-electron chi connectivity index (χ3n) is 2.75. The molecule has 0 saturated carbocycles. The first-order chi connectivity index (χ1) is 9.73. The molecule has 0 amide bonds. The number of hydrogen-bond acceptors (Lipinski definition) is 5. The molecule has 1 heterocycles. The molecule has 0 saturated heterocycles. The fourth-order valence-corrected chi connectivity index (χ4v) is 1.91. The second-order valence-corrected chi connectivity index (χ2v) is 5.51. The van der Waals surface area contributed by atoms with Gasteiger partial charge in [0.05, 0.1) is 10.4 Å². The summed E-state index contributed by atoms with van der Waals surface area (Å²) in [6, 6.07) is 3.96. The number of nitro benzene ring substituents is 1. The number of hydrogen-bond donors (Lipinski definition) is 0. The van der Waals surface area contributed by atoms with Crippen molar-refractivity contribution in [3.63, 3.8) is 0 Å². The molecule has 7 heteroatoms. The van der Waals surface area contributed by atoms with Gasteiger partial charge >= 0.3 is 6.09 Å². The summed E-state index contributed by atoms with van der Waals surface area (Å²) in [6.07, 6.45) is 1.22. The van der Waals surface area contributed by atoms with Crippen LogP contribution in [-0.4, -0.2) is 27.5 Å². The molecule has 0 spiro atoms. The summed E-state index contributed by atoms with van der Waals surface area (Å²) in [4.78, 5) is 33.4. The van der Waals surface area contributed by atoms with E-state index in [0.717, 1.165) is 0 Å². The highest BCUT2D eigenvalue weighted by atomic mass is 16.6. The number of aromatic nitrogens is 1. The second kappa shape index (κ2) is 5.01. The minimum atomic E-state index is -0.685. The van der Waals surface area contributed by atoms with Gasteiger partial charge in [0.2, 0.25) is 0 Å². The molecule has 0 radical (unpaired) electrons. The minimum absolute atomic E-state index is 0.146. The van der Waals surface area contributed by atoms with Crippen molar-refractivity contribution >= 4 is 29.0 Å². The Morgan fingerprint density at radius 2 is 2.05 bits per heavy atom. The van der Waals surface area contributed by atoms with Crippen LogP contribution in [0, 0.1) is 10.1 Å². The van der Waals surface area contributed by atoms with Crippen molar-refractivity contribution in [1.29, 1.82) is 0 Å². The van der Waals surface area contributed by atoms with Crippen LogP contribution in [0.2, 0.25) is 0 Å². The Morgan fingerprint density at radius 1 is 1.38 bits per heavy atom. The molecule has 110 valence electrons. The number of nitro groups is 1. The first-order valence-corrected chi connectivity index (χ1v) is 6.21. The number of ether oxygens (including phenoxy) is 1. The first-order valence-electron chi connectivity index (χ1n) is 6.21. The van der Waals surface area contributed by atoms with Crippen molar-refractivity contribution in [1.82, 2.24) is 4.57 Å². The SMILES string of the molecule is CC(C)(C)OC(=O)n1cc(C=O)c2cc([N+](=O)[O-])ccc21. The Morgan fingerprint density at radius 3 is 2.57 bits per heavy atom. The highest BCUT2D eigenvalue weighted by Crippen LogP contribution is 2.26. The van der Waals surface area contributed by atoms with E-state index >= 15 is 0 Å². The highest BCUT2D eigenvalue weighted by Gasteiger charge is 2.21. The Bertz CT molecular complexity index is 740. The first kappa shape index (κ1) is 14.7. The van der Waals surface area contributed by atoms with Crippen LogP contribution in [0.1, 0.15) is 31.1 Å². The fourth-order valence-electron chi connectivity index (χ4n) is 1.91. The number of aldehydes is 1. The Labute approximate surface area is 120 Å². The fraction of sp³-hybridized carbons (Fsp3) is 0.286. The average Bonchev–Trinajstić information content (AvgIpc) is 2.74. The van der Waals surface area contributed by atoms with Gasteiger partial charge in [0.15, 0.2) is 6.29 Å². The zero-order chi connectivity index (χ0) is 15.8. The van der Waals surface area contributed by atoms with Gasteiger partial charge < -0.3 is 4.74 Å². The van der Waals surface area contributed by atoms with Crippen LogP contribution in [0.4, 0.5) is 10.5 Å². The topological polar surface area (TPSA) is 91.4 Å². The molecule has 1 aromatic heterocycles. The molecule has 21 heavy (non-hydrogen) atoms. The van der Waals surface area contributed by atoms with E-state index < -0.39 is 16.6 Å². The number of carbonyl (C=O) groups is 2. The minimum Gasteiger partial charge on any atom is -0.443 e. The number of benzene rings is 1.